The van der Waals surface area contributed by atoms with Crippen LogP contribution in [-0.2, 0) is 0 Å². The molecular weight excluding hydrogens is 286 g/mol. The molecule has 108 valence electrons. The van der Waals surface area contributed by atoms with Crippen molar-refractivity contribution in [1.82, 2.24) is 0 Å². The van der Waals surface area contributed by atoms with Crippen molar-refractivity contribution in [2.45, 2.75) is 6.92 Å². The molecular formula is C17H16ClNO2. The molecule has 0 spiro atoms. The third kappa shape index (κ3) is 4.65. The average Bonchev–Trinajstić information content (AvgIpc) is 2.48. The highest BCUT2D eigenvalue weighted by Gasteiger charge is 2.07. The topological polar surface area (TPSA) is 38.3 Å². The zero-order valence-electron chi connectivity index (χ0n) is 11.7. The Hall–Kier alpha value is -2.26. The zero-order valence-corrected chi connectivity index (χ0v) is 12.5. The van der Waals surface area contributed by atoms with E-state index in [9.17, 15) is 4.79 Å². The molecule has 2 rings (SSSR count). The fraction of sp³-hybridized carbons (Fsp3) is 0.118. The van der Waals surface area contributed by atoms with E-state index in [0.717, 1.165) is 5.57 Å². The van der Waals surface area contributed by atoms with Gasteiger partial charge in [-0.1, -0.05) is 24.2 Å². The van der Waals surface area contributed by atoms with Gasteiger partial charge in [-0.2, -0.15) is 0 Å². The van der Waals surface area contributed by atoms with Crippen molar-refractivity contribution in [2.75, 3.05) is 11.9 Å². The Bertz CT molecular complexity index is 650. The number of benzene rings is 2. The summed E-state index contributed by atoms with van der Waals surface area (Å²) in [5.74, 6) is 0.444. The summed E-state index contributed by atoms with van der Waals surface area (Å²) < 4.78 is 5.53. The smallest absolute Gasteiger partial charge is 0.255 e. The van der Waals surface area contributed by atoms with Gasteiger partial charge in [-0.3, -0.25) is 4.79 Å². The van der Waals surface area contributed by atoms with Gasteiger partial charge in [-0.05, 0) is 55.0 Å². The molecule has 0 aliphatic heterocycles. The molecule has 0 aliphatic carbocycles. The monoisotopic (exact) mass is 301 g/mol. The van der Waals surface area contributed by atoms with Crippen LogP contribution in [0.2, 0.25) is 5.02 Å². The second-order valence-corrected chi connectivity index (χ2v) is 5.17. The Morgan fingerprint density at radius 1 is 1.24 bits per heavy atom. The normalized spacial score (nSPS) is 10.0. The van der Waals surface area contributed by atoms with E-state index in [2.05, 4.69) is 11.9 Å². The van der Waals surface area contributed by atoms with Crippen LogP contribution in [0.15, 0.2) is 60.7 Å². The minimum absolute atomic E-state index is 0.196. The molecule has 2 aromatic carbocycles. The summed E-state index contributed by atoms with van der Waals surface area (Å²) >= 11 is 5.81. The Morgan fingerprint density at radius 3 is 2.62 bits per heavy atom. The van der Waals surface area contributed by atoms with Crippen molar-refractivity contribution >= 4 is 23.2 Å². The summed E-state index contributed by atoms with van der Waals surface area (Å²) in [7, 11) is 0. The molecule has 4 heteroatoms. The van der Waals surface area contributed by atoms with Gasteiger partial charge in [0.05, 0.1) is 0 Å². The largest absolute Gasteiger partial charge is 0.489 e. The maximum Gasteiger partial charge on any atom is 0.255 e. The maximum atomic E-state index is 12.2. The average molecular weight is 302 g/mol. The molecule has 0 aromatic heterocycles. The first kappa shape index (κ1) is 15.1. The molecule has 21 heavy (non-hydrogen) atoms. The fourth-order valence-corrected chi connectivity index (χ4v) is 1.80. The van der Waals surface area contributed by atoms with E-state index < -0.39 is 0 Å². The van der Waals surface area contributed by atoms with Crippen molar-refractivity contribution in [3.63, 3.8) is 0 Å². The lowest BCUT2D eigenvalue weighted by atomic mass is 10.2. The summed E-state index contributed by atoms with van der Waals surface area (Å²) in [6, 6.07) is 14.0. The van der Waals surface area contributed by atoms with Gasteiger partial charge in [0.2, 0.25) is 0 Å². The van der Waals surface area contributed by atoms with E-state index in [0.29, 0.717) is 28.6 Å². The number of carbonyl (C=O) groups is 1. The molecule has 3 nitrogen and oxygen atoms in total. The van der Waals surface area contributed by atoms with Gasteiger partial charge in [-0.15, -0.1) is 0 Å². The van der Waals surface area contributed by atoms with E-state index in [1.165, 1.54) is 0 Å². The van der Waals surface area contributed by atoms with Crippen LogP contribution in [0.3, 0.4) is 0 Å². The number of hydrogen-bond acceptors (Lipinski definition) is 2. The SMILES string of the molecule is C=C(C)COc1cccc(C(=O)Nc2ccc(Cl)cc2)c1. The second kappa shape index (κ2) is 6.95. The second-order valence-electron chi connectivity index (χ2n) is 4.73. The van der Waals surface area contributed by atoms with Gasteiger partial charge in [0.15, 0.2) is 0 Å². The van der Waals surface area contributed by atoms with E-state index in [1.54, 1.807) is 42.5 Å². The number of hydrogen-bond donors (Lipinski definition) is 1. The summed E-state index contributed by atoms with van der Waals surface area (Å²) in [6.45, 7) is 6.09. The van der Waals surface area contributed by atoms with E-state index in [-0.39, 0.29) is 5.91 Å². The van der Waals surface area contributed by atoms with Crippen LogP contribution >= 0.6 is 11.6 Å². The molecule has 0 unspecified atom stereocenters. The number of nitrogens with one attached hydrogen (secondary N) is 1. The lowest BCUT2D eigenvalue weighted by molar-refractivity contribution is 0.102. The number of carbonyl (C=O) groups excluding carboxylic acids is 1. The third-order valence-electron chi connectivity index (χ3n) is 2.68. The Labute approximate surface area is 129 Å². The summed E-state index contributed by atoms with van der Waals surface area (Å²) in [5.41, 5.74) is 2.15. The van der Waals surface area contributed by atoms with Crippen molar-refractivity contribution in [2.24, 2.45) is 0 Å². The zero-order chi connectivity index (χ0) is 15.2. The molecule has 0 atom stereocenters. The third-order valence-corrected chi connectivity index (χ3v) is 2.94. The van der Waals surface area contributed by atoms with Gasteiger partial charge < -0.3 is 10.1 Å². The molecule has 2 aromatic rings. The first-order chi connectivity index (χ1) is 10.0. The Balaban J connectivity index is 2.06. The lowest BCUT2D eigenvalue weighted by Crippen LogP contribution is -2.12. The van der Waals surface area contributed by atoms with Crippen molar-refractivity contribution < 1.29 is 9.53 Å². The number of anilines is 1. The summed E-state index contributed by atoms with van der Waals surface area (Å²) in [6.07, 6.45) is 0. The van der Waals surface area contributed by atoms with Crippen LogP contribution < -0.4 is 10.1 Å². The van der Waals surface area contributed by atoms with Crippen molar-refractivity contribution in [1.29, 1.82) is 0 Å². The molecule has 1 N–H and O–H groups in total. The van der Waals surface area contributed by atoms with Crippen LogP contribution in [0, 0.1) is 0 Å². The lowest BCUT2D eigenvalue weighted by Gasteiger charge is -2.08. The number of amides is 1. The van der Waals surface area contributed by atoms with Crippen LogP contribution in [-0.4, -0.2) is 12.5 Å². The summed E-state index contributed by atoms with van der Waals surface area (Å²) in [5, 5.41) is 3.43. The molecule has 0 heterocycles. The number of rotatable bonds is 5. The van der Waals surface area contributed by atoms with Gasteiger partial charge in [-0.25, -0.2) is 0 Å². The Kier molecular flexibility index (Phi) is 5.01. The highest BCUT2D eigenvalue weighted by atomic mass is 35.5. The van der Waals surface area contributed by atoms with Crippen LogP contribution in [0.1, 0.15) is 17.3 Å². The van der Waals surface area contributed by atoms with Crippen molar-refractivity contribution in [3.8, 4) is 5.75 Å². The quantitative estimate of drug-likeness (QED) is 0.823. The highest BCUT2D eigenvalue weighted by Crippen LogP contribution is 2.17. The highest BCUT2D eigenvalue weighted by molar-refractivity contribution is 6.30. The van der Waals surface area contributed by atoms with Crippen molar-refractivity contribution in [3.05, 3.63) is 71.3 Å². The standard InChI is InChI=1S/C17H16ClNO2/c1-12(2)11-21-16-5-3-4-13(10-16)17(20)19-15-8-6-14(18)7-9-15/h3-10H,1,11H2,2H3,(H,19,20). The first-order valence-electron chi connectivity index (χ1n) is 6.49. The summed E-state index contributed by atoms with van der Waals surface area (Å²) in [4.78, 5) is 12.2. The Morgan fingerprint density at radius 2 is 1.95 bits per heavy atom. The maximum absolute atomic E-state index is 12.2. The molecule has 1 amide bonds. The predicted octanol–water partition coefficient (Wildman–Crippen LogP) is 4.55. The predicted molar refractivity (Wildman–Crippen MR) is 86.2 cm³/mol. The van der Waals surface area contributed by atoms with Gasteiger partial charge in [0.25, 0.3) is 5.91 Å². The molecule has 0 aliphatic rings. The van der Waals surface area contributed by atoms with E-state index in [4.69, 9.17) is 16.3 Å². The molecule has 0 saturated carbocycles. The number of halogens is 1. The van der Waals surface area contributed by atoms with Gasteiger partial charge in [0, 0.05) is 16.3 Å². The minimum Gasteiger partial charge on any atom is -0.489 e. The van der Waals surface area contributed by atoms with Crippen LogP contribution in [0.5, 0.6) is 5.75 Å². The minimum atomic E-state index is -0.196. The molecule has 0 fully saturated rings. The van der Waals surface area contributed by atoms with Crippen LogP contribution in [0.25, 0.3) is 0 Å². The molecule has 0 radical (unpaired) electrons. The fourth-order valence-electron chi connectivity index (χ4n) is 1.67. The molecule has 0 saturated heterocycles. The first-order valence-corrected chi connectivity index (χ1v) is 6.86. The van der Waals surface area contributed by atoms with Crippen LogP contribution in [0.4, 0.5) is 5.69 Å². The van der Waals surface area contributed by atoms with E-state index in [1.807, 2.05) is 13.0 Å². The van der Waals surface area contributed by atoms with Gasteiger partial charge in [0.1, 0.15) is 12.4 Å². The number of ether oxygens (including phenoxy) is 1. The van der Waals surface area contributed by atoms with Gasteiger partial charge >= 0.3 is 0 Å². The molecule has 0 bridgehead atoms. The van der Waals surface area contributed by atoms with E-state index >= 15 is 0 Å².